The Morgan fingerprint density at radius 3 is 2.20 bits per heavy atom. The SMILES string of the molecule is Cc1nc(CS(C)=O)ccc1B1OC(C)(C)C(C)(C)O1. The maximum Gasteiger partial charge on any atom is 0.496 e. The largest absolute Gasteiger partial charge is 0.496 e. The van der Waals surface area contributed by atoms with Crippen LogP contribution in [0.2, 0.25) is 0 Å². The molecule has 0 aliphatic carbocycles. The fraction of sp³-hybridized carbons (Fsp3) is 0.643. The Morgan fingerprint density at radius 1 is 1.20 bits per heavy atom. The highest BCUT2D eigenvalue weighted by Gasteiger charge is 2.52. The molecule has 0 radical (unpaired) electrons. The molecule has 1 aliphatic heterocycles. The van der Waals surface area contributed by atoms with Crippen LogP contribution >= 0.6 is 0 Å². The zero-order valence-corrected chi connectivity index (χ0v) is 13.8. The molecule has 1 aromatic heterocycles. The van der Waals surface area contributed by atoms with Crippen LogP contribution in [0, 0.1) is 6.92 Å². The molecular formula is C14H22BNO3S. The molecule has 1 unspecified atom stereocenters. The highest BCUT2D eigenvalue weighted by atomic mass is 32.2. The summed E-state index contributed by atoms with van der Waals surface area (Å²) in [5, 5.41) is 0. The van der Waals surface area contributed by atoms with Crippen LogP contribution < -0.4 is 5.46 Å². The van der Waals surface area contributed by atoms with Gasteiger partial charge < -0.3 is 9.31 Å². The summed E-state index contributed by atoms with van der Waals surface area (Å²) in [5.41, 5.74) is 1.94. The molecule has 1 aliphatic rings. The first-order valence-corrected chi connectivity index (χ1v) is 8.47. The summed E-state index contributed by atoms with van der Waals surface area (Å²) in [6.07, 6.45) is 1.68. The third-order valence-electron chi connectivity index (χ3n) is 4.04. The normalized spacial score (nSPS) is 22.0. The predicted molar refractivity (Wildman–Crippen MR) is 82.5 cm³/mol. The Bertz CT molecular complexity index is 529. The zero-order chi connectivity index (χ0) is 15.1. The standard InChI is InChI=1S/C14H22BNO3S/c1-10-12(8-7-11(16-10)9-20(6)17)15-18-13(2,3)14(4,5)19-15/h7-8H,9H2,1-6H3. The first kappa shape index (κ1) is 15.7. The molecule has 1 saturated heterocycles. The van der Waals surface area contributed by atoms with Crippen LogP contribution in [-0.4, -0.2) is 33.8 Å². The van der Waals surface area contributed by atoms with E-state index in [2.05, 4.69) is 4.98 Å². The number of nitrogens with zero attached hydrogens (tertiary/aromatic N) is 1. The minimum absolute atomic E-state index is 0.353. The van der Waals surface area contributed by atoms with Crippen LogP contribution in [0.4, 0.5) is 0 Å². The lowest BCUT2D eigenvalue weighted by molar-refractivity contribution is 0.00578. The van der Waals surface area contributed by atoms with Gasteiger partial charge in [-0.2, -0.15) is 0 Å². The van der Waals surface area contributed by atoms with E-state index in [0.29, 0.717) is 5.75 Å². The zero-order valence-electron chi connectivity index (χ0n) is 13.0. The van der Waals surface area contributed by atoms with Crippen molar-refractivity contribution in [3.63, 3.8) is 0 Å². The summed E-state index contributed by atoms with van der Waals surface area (Å²) in [6, 6.07) is 3.86. The van der Waals surface area contributed by atoms with E-state index in [9.17, 15) is 4.21 Å². The summed E-state index contributed by atoms with van der Waals surface area (Å²) < 4.78 is 23.3. The van der Waals surface area contributed by atoms with Gasteiger partial charge in [-0.25, -0.2) is 0 Å². The molecule has 20 heavy (non-hydrogen) atoms. The van der Waals surface area contributed by atoms with Crippen molar-refractivity contribution in [3.8, 4) is 0 Å². The number of pyridine rings is 1. The lowest BCUT2D eigenvalue weighted by atomic mass is 9.78. The van der Waals surface area contributed by atoms with Crippen LogP contribution in [-0.2, 0) is 25.9 Å². The van der Waals surface area contributed by atoms with E-state index >= 15 is 0 Å². The van der Waals surface area contributed by atoms with Gasteiger partial charge in [0.15, 0.2) is 0 Å². The van der Waals surface area contributed by atoms with Crippen LogP contribution in [0.25, 0.3) is 0 Å². The van der Waals surface area contributed by atoms with Gasteiger partial charge in [-0.3, -0.25) is 9.19 Å². The highest BCUT2D eigenvalue weighted by molar-refractivity contribution is 7.83. The van der Waals surface area contributed by atoms with Crippen molar-refractivity contribution in [2.24, 2.45) is 0 Å². The summed E-state index contributed by atoms with van der Waals surface area (Å²) >= 11 is 0. The second-order valence-corrected chi connectivity index (χ2v) is 7.72. The smallest absolute Gasteiger partial charge is 0.399 e. The third kappa shape index (κ3) is 2.97. The van der Waals surface area contributed by atoms with E-state index in [-0.39, 0.29) is 11.2 Å². The fourth-order valence-corrected chi connectivity index (χ4v) is 2.71. The van der Waals surface area contributed by atoms with Crippen molar-refractivity contribution in [1.29, 1.82) is 0 Å². The second-order valence-electron chi connectivity index (χ2n) is 6.28. The molecule has 1 aromatic rings. The molecular weight excluding hydrogens is 273 g/mol. The molecule has 2 heterocycles. The van der Waals surface area contributed by atoms with Gasteiger partial charge in [-0.05, 0) is 40.7 Å². The van der Waals surface area contributed by atoms with Crippen molar-refractivity contribution in [1.82, 2.24) is 4.98 Å². The molecule has 0 bridgehead atoms. The molecule has 4 nitrogen and oxygen atoms in total. The maximum absolute atomic E-state index is 11.3. The van der Waals surface area contributed by atoms with Gasteiger partial charge in [0.05, 0.1) is 22.6 Å². The molecule has 0 saturated carbocycles. The average Bonchev–Trinajstić information content (AvgIpc) is 2.46. The fourth-order valence-electron chi connectivity index (χ4n) is 2.13. The minimum Gasteiger partial charge on any atom is -0.399 e. The van der Waals surface area contributed by atoms with Crippen LogP contribution in [0.3, 0.4) is 0 Å². The second kappa shape index (κ2) is 5.24. The first-order chi connectivity index (χ1) is 9.12. The van der Waals surface area contributed by atoms with E-state index in [1.54, 1.807) is 6.26 Å². The van der Waals surface area contributed by atoms with Crippen LogP contribution in [0.1, 0.15) is 39.1 Å². The van der Waals surface area contributed by atoms with E-state index in [4.69, 9.17) is 9.31 Å². The van der Waals surface area contributed by atoms with Gasteiger partial charge in [0.1, 0.15) is 0 Å². The molecule has 0 spiro atoms. The van der Waals surface area contributed by atoms with Crippen molar-refractivity contribution >= 4 is 23.4 Å². The number of hydrogen-bond acceptors (Lipinski definition) is 4. The van der Waals surface area contributed by atoms with Gasteiger partial charge in [0, 0.05) is 28.2 Å². The average molecular weight is 295 g/mol. The summed E-state index contributed by atoms with van der Waals surface area (Å²) in [6.45, 7) is 10.1. The monoisotopic (exact) mass is 295 g/mol. The Labute approximate surface area is 123 Å². The van der Waals surface area contributed by atoms with Crippen molar-refractivity contribution in [2.45, 2.75) is 51.6 Å². The highest BCUT2D eigenvalue weighted by Crippen LogP contribution is 2.36. The molecule has 0 N–H and O–H groups in total. The summed E-state index contributed by atoms with van der Waals surface area (Å²) in [7, 11) is -1.28. The van der Waals surface area contributed by atoms with Crippen LogP contribution in [0.15, 0.2) is 12.1 Å². The molecule has 0 aromatic carbocycles. The Morgan fingerprint density at radius 2 is 1.75 bits per heavy atom. The molecule has 6 heteroatoms. The van der Waals surface area contributed by atoms with Crippen LogP contribution in [0.5, 0.6) is 0 Å². The Kier molecular flexibility index (Phi) is 4.11. The van der Waals surface area contributed by atoms with Gasteiger partial charge >= 0.3 is 7.12 Å². The quantitative estimate of drug-likeness (QED) is 0.794. The van der Waals surface area contributed by atoms with Crippen molar-refractivity contribution < 1.29 is 13.5 Å². The lowest BCUT2D eigenvalue weighted by Crippen LogP contribution is -2.41. The maximum atomic E-state index is 11.3. The van der Waals surface area contributed by atoms with Crippen molar-refractivity contribution in [2.75, 3.05) is 6.26 Å². The molecule has 0 amide bonds. The topological polar surface area (TPSA) is 48.4 Å². The lowest BCUT2D eigenvalue weighted by Gasteiger charge is -2.32. The van der Waals surface area contributed by atoms with E-state index < -0.39 is 17.9 Å². The predicted octanol–water partition coefficient (Wildman–Crippen LogP) is 1.57. The van der Waals surface area contributed by atoms with Gasteiger partial charge in [-0.15, -0.1) is 0 Å². The molecule has 1 atom stereocenters. The number of aryl methyl sites for hydroxylation is 1. The van der Waals surface area contributed by atoms with E-state index in [0.717, 1.165) is 16.9 Å². The van der Waals surface area contributed by atoms with Gasteiger partial charge in [0.25, 0.3) is 0 Å². The first-order valence-electron chi connectivity index (χ1n) is 6.74. The summed E-state index contributed by atoms with van der Waals surface area (Å²) in [5.74, 6) is 0.477. The van der Waals surface area contributed by atoms with E-state index in [1.165, 1.54) is 0 Å². The van der Waals surface area contributed by atoms with Gasteiger partial charge in [0.2, 0.25) is 0 Å². The third-order valence-corrected chi connectivity index (χ3v) is 4.74. The summed E-state index contributed by atoms with van der Waals surface area (Å²) in [4.78, 5) is 4.50. The van der Waals surface area contributed by atoms with Gasteiger partial charge in [-0.1, -0.05) is 6.07 Å². The number of aromatic nitrogens is 1. The number of rotatable bonds is 3. The van der Waals surface area contributed by atoms with Crippen molar-refractivity contribution in [3.05, 3.63) is 23.5 Å². The molecule has 2 rings (SSSR count). The Balaban J connectivity index is 2.25. The minimum atomic E-state index is -0.883. The Hall–Kier alpha value is -0.715. The number of hydrogen-bond donors (Lipinski definition) is 0. The molecule has 110 valence electrons. The molecule has 1 fully saturated rings. The van der Waals surface area contributed by atoms with E-state index in [1.807, 2.05) is 46.8 Å².